The summed E-state index contributed by atoms with van der Waals surface area (Å²) in [4.78, 5) is 10.6. The zero-order chi connectivity index (χ0) is 14.0. The minimum Gasteiger partial charge on any atom is -0.479 e. The Bertz CT molecular complexity index is 626. The lowest BCUT2D eigenvalue weighted by Crippen LogP contribution is -2.12. The lowest BCUT2D eigenvalue weighted by Gasteiger charge is -2.09. The molecule has 1 atom stereocenters. The number of rotatable bonds is 3. The highest BCUT2D eigenvalue weighted by Gasteiger charge is 2.20. The number of carboxylic acid groups (broad SMARTS) is 1. The third-order valence-electron chi connectivity index (χ3n) is 2.69. The van der Waals surface area contributed by atoms with Crippen LogP contribution in [0.3, 0.4) is 0 Å². The van der Waals surface area contributed by atoms with Gasteiger partial charge in [0, 0.05) is 5.56 Å². The van der Waals surface area contributed by atoms with Gasteiger partial charge in [0.2, 0.25) is 0 Å². The molecule has 5 heteroatoms. The first kappa shape index (κ1) is 13.2. The van der Waals surface area contributed by atoms with E-state index in [1.807, 2.05) is 0 Å². The molecular weight excluding hydrogens is 254 g/mol. The summed E-state index contributed by atoms with van der Waals surface area (Å²) < 4.78 is 26.8. The fourth-order valence-corrected chi connectivity index (χ4v) is 1.73. The van der Waals surface area contributed by atoms with Crippen LogP contribution in [0.2, 0.25) is 0 Å². The second-order valence-electron chi connectivity index (χ2n) is 3.99. The molecule has 0 fully saturated rings. The number of aliphatic carboxylic acids is 1. The van der Waals surface area contributed by atoms with Crippen LogP contribution in [0.4, 0.5) is 8.78 Å². The smallest absolute Gasteiger partial charge is 0.337 e. The van der Waals surface area contributed by atoms with Crippen LogP contribution in [0.1, 0.15) is 11.7 Å². The lowest BCUT2D eigenvalue weighted by atomic mass is 10.0. The van der Waals surface area contributed by atoms with Crippen molar-refractivity contribution >= 4 is 5.97 Å². The molecule has 0 heterocycles. The first-order valence-electron chi connectivity index (χ1n) is 5.45. The average Bonchev–Trinajstić information content (AvgIpc) is 2.37. The van der Waals surface area contributed by atoms with Crippen LogP contribution in [0.5, 0.6) is 0 Å². The number of halogens is 2. The topological polar surface area (TPSA) is 57.5 Å². The van der Waals surface area contributed by atoms with Crippen molar-refractivity contribution in [2.24, 2.45) is 0 Å². The molecule has 19 heavy (non-hydrogen) atoms. The minimum atomic E-state index is -1.92. The predicted octanol–water partition coefficient (Wildman–Crippen LogP) is 2.75. The van der Waals surface area contributed by atoms with Gasteiger partial charge in [0.1, 0.15) is 11.6 Å². The molecule has 1 unspecified atom stereocenters. The van der Waals surface area contributed by atoms with Crippen molar-refractivity contribution < 1.29 is 23.8 Å². The van der Waals surface area contributed by atoms with E-state index in [4.69, 9.17) is 5.11 Å². The van der Waals surface area contributed by atoms with Crippen LogP contribution in [0.25, 0.3) is 11.1 Å². The summed E-state index contributed by atoms with van der Waals surface area (Å²) in [6.45, 7) is 0. The molecule has 0 spiro atoms. The van der Waals surface area contributed by atoms with Crippen LogP contribution < -0.4 is 0 Å². The maximum atomic E-state index is 13.7. The highest BCUT2D eigenvalue weighted by Crippen LogP contribution is 2.25. The fourth-order valence-electron chi connectivity index (χ4n) is 1.73. The minimum absolute atomic E-state index is 0.326. The molecule has 0 aliphatic heterocycles. The molecular formula is C14H10F2O3. The summed E-state index contributed by atoms with van der Waals surface area (Å²) in [7, 11) is 0. The van der Waals surface area contributed by atoms with Crippen LogP contribution in [0.15, 0.2) is 42.5 Å². The van der Waals surface area contributed by atoms with Gasteiger partial charge in [0.15, 0.2) is 6.10 Å². The van der Waals surface area contributed by atoms with Gasteiger partial charge in [-0.1, -0.05) is 24.3 Å². The van der Waals surface area contributed by atoms with Gasteiger partial charge in [-0.15, -0.1) is 0 Å². The van der Waals surface area contributed by atoms with Gasteiger partial charge in [-0.2, -0.15) is 0 Å². The van der Waals surface area contributed by atoms with Crippen molar-refractivity contribution in [1.29, 1.82) is 0 Å². The van der Waals surface area contributed by atoms with E-state index in [1.54, 1.807) is 6.07 Å². The van der Waals surface area contributed by atoms with E-state index in [1.165, 1.54) is 30.3 Å². The normalized spacial score (nSPS) is 12.2. The van der Waals surface area contributed by atoms with E-state index in [0.29, 0.717) is 11.1 Å². The Morgan fingerprint density at radius 2 is 1.74 bits per heavy atom. The number of carboxylic acids is 1. The summed E-state index contributed by atoms with van der Waals surface area (Å²) in [6, 6.07) is 9.27. The van der Waals surface area contributed by atoms with Crippen molar-refractivity contribution in [3.8, 4) is 11.1 Å². The molecule has 0 saturated heterocycles. The number of aliphatic hydroxyl groups excluding tert-OH is 1. The Labute approximate surface area is 107 Å². The van der Waals surface area contributed by atoms with Crippen molar-refractivity contribution in [2.45, 2.75) is 6.10 Å². The number of benzene rings is 2. The standard InChI is InChI=1S/C14H10F2O3/c15-10-3-1-2-8(6-10)9-4-5-11(12(16)7-9)13(17)14(18)19/h1-7,13,17H,(H,18,19). The summed E-state index contributed by atoms with van der Waals surface area (Å²) >= 11 is 0. The first-order chi connectivity index (χ1) is 8.99. The Morgan fingerprint density at radius 1 is 1.05 bits per heavy atom. The summed E-state index contributed by atoms with van der Waals surface area (Å²) in [5.41, 5.74) is 0.543. The fraction of sp³-hybridized carbons (Fsp3) is 0.0714. The van der Waals surface area contributed by atoms with Crippen LogP contribution in [-0.2, 0) is 4.79 Å². The largest absolute Gasteiger partial charge is 0.479 e. The van der Waals surface area contributed by atoms with Gasteiger partial charge in [0.25, 0.3) is 0 Å². The van der Waals surface area contributed by atoms with E-state index < -0.39 is 23.7 Å². The Balaban J connectivity index is 2.42. The predicted molar refractivity (Wildman–Crippen MR) is 64.4 cm³/mol. The van der Waals surface area contributed by atoms with Gasteiger partial charge in [-0.05, 0) is 29.3 Å². The van der Waals surface area contributed by atoms with Crippen molar-refractivity contribution in [3.05, 3.63) is 59.7 Å². The summed E-state index contributed by atoms with van der Waals surface area (Å²) in [5.74, 6) is -2.83. The van der Waals surface area contributed by atoms with Crippen molar-refractivity contribution in [2.75, 3.05) is 0 Å². The maximum Gasteiger partial charge on any atom is 0.337 e. The molecule has 98 valence electrons. The zero-order valence-electron chi connectivity index (χ0n) is 9.68. The molecule has 2 aromatic rings. The molecule has 3 nitrogen and oxygen atoms in total. The van der Waals surface area contributed by atoms with Crippen LogP contribution in [0, 0.1) is 11.6 Å². The van der Waals surface area contributed by atoms with Crippen molar-refractivity contribution in [3.63, 3.8) is 0 Å². The van der Waals surface area contributed by atoms with Crippen LogP contribution >= 0.6 is 0 Å². The molecule has 0 aliphatic rings. The molecule has 0 bridgehead atoms. The van der Waals surface area contributed by atoms with Gasteiger partial charge < -0.3 is 10.2 Å². The van der Waals surface area contributed by atoms with Gasteiger partial charge in [-0.3, -0.25) is 0 Å². The highest BCUT2D eigenvalue weighted by atomic mass is 19.1. The van der Waals surface area contributed by atoms with Gasteiger partial charge in [0.05, 0.1) is 0 Å². The second kappa shape index (κ2) is 5.16. The molecule has 0 amide bonds. The van der Waals surface area contributed by atoms with E-state index in [2.05, 4.69) is 0 Å². The Kier molecular flexibility index (Phi) is 3.57. The second-order valence-corrected chi connectivity index (χ2v) is 3.99. The SMILES string of the molecule is O=C(O)C(O)c1ccc(-c2cccc(F)c2)cc1F. The molecule has 0 aliphatic carbocycles. The highest BCUT2D eigenvalue weighted by molar-refractivity contribution is 5.75. The molecule has 2 N–H and O–H groups in total. The summed E-state index contributed by atoms with van der Waals surface area (Å²) in [5, 5.41) is 17.9. The number of hydrogen-bond donors (Lipinski definition) is 2. The number of aliphatic hydroxyl groups is 1. The van der Waals surface area contributed by atoms with E-state index in [9.17, 15) is 18.7 Å². The molecule has 2 rings (SSSR count). The molecule has 2 aromatic carbocycles. The van der Waals surface area contributed by atoms with E-state index >= 15 is 0 Å². The van der Waals surface area contributed by atoms with Crippen molar-refractivity contribution in [1.82, 2.24) is 0 Å². The number of carbonyl (C=O) groups is 1. The number of hydrogen-bond acceptors (Lipinski definition) is 2. The van der Waals surface area contributed by atoms with Gasteiger partial charge in [-0.25, -0.2) is 13.6 Å². The zero-order valence-corrected chi connectivity index (χ0v) is 9.68. The van der Waals surface area contributed by atoms with Gasteiger partial charge >= 0.3 is 5.97 Å². The Hall–Kier alpha value is -2.27. The summed E-state index contributed by atoms with van der Waals surface area (Å²) in [6.07, 6.45) is -1.92. The Morgan fingerprint density at radius 3 is 2.32 bits per heavy atom. The lowest BCUT2D eigenvalue weighted by molar-refractivity contribution is -0.147. The average molecular weight is 264 g/mol. The molecule has 0 radical (unpaired) electrons. The first-order valence-corrected chi connectivity index (χ1v) is 5.45. The monoisotopic (exact) mass is 264 g/mol. The molecule has 0 aromatic heterocycles. The molecule has 0 saturated carbocycles. The third-order valence-corrected chi connectivity index (χ3v) is 2.69. The van der Waals surface area contributed by atoms with E-state index in [-0.39, 0.29) is 5.56 Å². The van der Waals surface area contributed by atoms with Crippen LogP contribution in [-0.4, -0.2) is 16.2 Å². The van der Waals surface area contributed by atoms with E-state index in [0.717, 1.165) is 6.07 Å². The quantitative estimate of drug-likeness (QED) is 0.896. The maximum absolute atomic E-state index is 13.7. The third kappa shape index (κ3) is 2.77.